The first-order valence-electron chi connectivity index (χ1n) is 5.40. The molecule has 2 rings (SSSR count). The van der Waals surface area contributed by atoms with Crippen molar-refractivity contribution < 1.29 is 18.6 Å². The summed E-state index contributed by atoms with van der Waals surface area (Å²) in [5, 5.41) is 0. The Bertz CT molecular complexity index is 293. The molecule has 0 amide bonds. The van der Waals surface area contributed by atoms with Crippen molar-refractivity contribution in [3.05, 3.63) is 24.7 Å². The molecule has 0 aromatic carbocycles. The molecule has 4 nitrogen and oxygen atoms in total. The van der Waals surface area contributed by atoms with Crippen molar-refractivity contribution in [1.29, 1.82) is 0 Å². The van der Waals surface area contributed by atoms with Gasteiger partial charge in [0.2, 0.25) is 0 Å². The molecule has 2 heterocycles. The molecule has 0 saturated carbocycles. The molecule has 86 valence electrons. The van der Waals surface area contributed by atoms with Crippen molar-refractivity contribution in [2.75, 3.05) is 0 Å². The van der Waals surface area contributed by atoms with Gasteiger partial charge in [0, 0.05) is 0 Å². The smallest absolute Gasteiger partial charge is 0.543 e. The molecule has 0 aliphatic carbocycles. The highest BCUT2D eigenvalue weighted by atomic mass is 16.7. The van der Waals surface area contributed by atoms with Gasteiger partial charge < -0.3 is 18.6 Å². The zero-order valence-corrected chi connectivity index (χ0v) is 10.1. The lowest BCUT2D eigenvalue weighted by atomic mass is 9.47. The predicted octanol–water partition coefficient (Wildman–Crippen LogP) is 1.72. The summed E-state index contributed by atoms with van der Waals surface area (Å²) in [6, 6.07) is 0. The van der Waals surface area contributed by atoms with Crippen LogP contribution in [0.3, 0.4) is 0 Å². The van der Waals surface area contributed by atoms with E-state index in [9.17, 15) is 0 Å². The van der Waals surface area contributed by atoms with E-state index in [0.29, 0.717) is 0 Å². The van der Waals surface area contributed by atoms with Crippen LogP contribution in [0.15, 0.2) is 24.7 Å². The average molecular weight is 222 g/mol. The highest BCUT2D eigenvalue weighted by Gasteiger charge is 2.50. The van der Waals surface area contributed by atoms with E-state index in [1.165, 1.54) is 0 Å². The fourth-order valence-corrected chi connectivity index (χ4v) is 1.53. The van der Waals surface area contributed by atoms with Gasteiger partial charge in [-0.05, 0) is 39.8 Å². The second kappa shape index (κ2) is 3.86. The van der Waals surface area contributed by atoms with Gasteiger partial charge in [0.1, 0.15) is 0 Å². The van der Waals surface area contributed by atoms with E-state index < -0.39 is 14.0 Å². The van der Waals surface area contributed by atoms with Gasteiger partial charge in [0.15, 0.2) is 0 Å². The van der Waals surface area contributed by atoms with Crippen molar-refractivity contribution >= 4 is 14.0 Å². The van der Waals surface area contributed by atoms with Crippen molar-refractivity contribution in [1.82, 2.24) is 0 Å². The Balaban J connectivity index is 2.05. The van der Waals surface area contributed by atoms with Crippen molar-refractivity contribution in [3.8, 4) is 0 Å². The van der Waals surface area contributed by atoms with E-state index in [2.05, 4.69) is 0 Å². The minimum atomic E-state index is -0.538. The minimum absolute atomic E-state index is 0.360. The van der Waals surface area contributed by atoms with Gasteiger partial charge in [-0.15, -0.1) is 0 Å². The molecule has 0 radical (unpaired) electrons. The first-order chi connectivity index (χ1) is 7.38. The topological polar surface area (TPSA) is 36.9 Å². The molecular formula is C10H16B2O4. The van der Waals surface area contributed by atoms with Crippen LogP contribution in [-0.4, -0.2) is 25.2 Å². The Kier molecular flexibility index (Phi) is 2.80. The first kappa shape index (κ1) is 11.6. The van der Waals surface area contributed by atoms with Crippen LogP contribution in [0, 0.1) is 0 Å². The second-order valence-corrected chi connectivity index (χ2v) is 5.06. The largest absolute Gasteiger partial charge is 0.572 e. The van der Waals surface area contributed by atoms with Gasteiger partial charge >= 0.3 is 14.0 Å². The van der Waals surface area contributed by atoms with E-state index >= 15 is 0 Å². The number of hydrogen-bond acceptors (Lipinski definition) is 4. The molecule has 0 atom stereocenters. The Labute approximate surface area is 96.9 Å². The Morgan fingerprint density at radius 1 is 0.750 bits per heavy atom. The fourth-order valence-electron chi connectivity index (χ4n) is 1.53. The predicted molar refractivity (Wildman–Crippen MR) is 62.3 cm³/mol. The molecule has 0 aromatic heterocycles. The van der Waals surface area contributed by atoms with Crippen molar-refractivity contribution in [2.45, 2.75) is 38.9 Å². The summed E-state index contributed by atoms with van der Waals surface area (Å²) in [4.78, 5) is 0. The summed E-state index contributed by atoms with van der Waals surface area (Å²) in [5.41, 5.74) is -0.720. The van der Waals surface area contributed by atoms with Crippen LogP contribution in [0.1, 0.15) is 27.7 Å². The van der Waals surface area contributed by atoms with Crippen LogP contribution in [0.25, 0.3) is 0 Å². The summed E-state index contributed by atoms with van der Waals surface area (Å²) in [6.07, 6.45) is 6.97. The van der Waals surface area contributed by atoms with E-state index in [0.717, 1.165) is 0 Å². The molecular weight excluding hydrogens is 206 g/mol. The van der Waals surface area contributed by atoms with Gasteiger partial charge in [0.05, 0.1) is 23.7 Å². The molecule has 6 heteroatoms. The Morgan fingerprint density at radius 3 is 1.44 bits per heavy atom. The molecule has 0 aromatic rings. The van der Waals surface area contributed by atoms with Crippen LogP contribution in [-0.2, 0) is 18.6 Å². The molecule has 0 unspecified atom stereocenters. The number of rotatable bonds is 1. The molecule has 0 saturated heterocycles. The van der Waals surface area contributed by atoms with Gasteiger partial charge in [-0.3, -0.25) is 0 Å². The summed E-state index contributed by atoms with van der Waals surface area (Å²) < 4.78 is 22.1. The Morgan fingerprint density at radius 2 is 1.12 bits per heavy atom. The van der Waals surface area contributed by atoms with Crippen LogP contribution >= 0.6 is 0 Å². The number of hydrogen-bond donors (Lipinski definition) is 0. The summed E-state index contributed by atoms with van der Waals surface area (Å²) in [6.45, 7) is 7.84. The highest BCUT2D eigenvalue weighted by Crippen LogP contribution is 2.24. The van der Waals surface area contributed by atoms with Gasteiger partial charge in [-0.1, -0.05) is 0 Å². The second-order valence-electron chi connectivity index (χ2n) is 5.06. The monoisotopic (exact) mass is 222 g/mol. The van der Waals surface area contributed by atoms with Crippen molar-refractivity contribution in [3.63, 3.8) is 0 Å². The summed E-state index contributed by atoms with van der Waals surface area (Å²) in [7, 11) is -1.08. The third kappa shape index (κ3) is 2.62. The average Bonchev–Trinajstić information content (AvgIpc) is 2.14. The Hall–Kier alpha value is -0.870. The quantitative estimate of drug-likeness (QED) is 0.632. The molecule has 16 heavy (non-hydrogen) atoms. The standard InChI is InChI=1S/C10H16B2O4/c1-9(2)5-7-13-11(15-9)12-14-8-6-10(3,4)16-12/h5-8H,1-4H3. The van der Waals surface area contributed by atoms with Crippen LogP contribution in [0.5, 0.6) is 0 Å². The van der Waals surface area contributed by atoms with E-state index in [4.69, 9.17) is 18.6 Å². The molecule has 2 aliphatic heterocycles. The lowest BCUT2D eigenvalue weighted by molar-refractivity contribution is 0.0805. The van der Waals surface area contributed by atoms with Gasteiger partial charge in [0.25, 0.3) is 0 Å². The summed E-state index contributed by atoms with van der Waals surface area (Å²) >= 11 is 0. The highest BCUT2D eigenvalue weighted by molar-refractivity contribution is 7.11. The maximum atomic E-state index is 5.71. The first-order valence-corrected chi connectivity index (χ1v) is 5.40. The normalized spacial score (nSPS) is 26.2. The minimum Gasteiger partial charge on any atom is -0.543 e. The SMILES string of the molecule is CC1(C)C=COB(B2OC=CC(C)(C)O2)O1. The lowest BCUT2D eigenvalue weighted by Crippen LogP contribution is -2.54. The summed E-state index contributed by atoms with van der Waals surface area (Å²) in [5.74, 6) is 0. The van der Waals surface area contributed by atoms with Crippen LogP contribution < -0.4 is 0 Å². The van der Waals surface area contributed by atoms with E-state index in [1.807, 2.05) is 39.8 Å². The molecule has 2 aliphatic rings. The fraction of sp³-hybridized carbons (Fsp3) is 0.600. The van der Waals surface area contributed by atoms with E-state index in [1.54, 1.807) is 12.5 Å². The molecule has 0 N–H and O–H groups in total. The van der Waals surface area contributed by atoms with Gasteiger partial charge in [-0.25, -0.2) is 0 Å². The van der Waals surface area contributed by atoms with Crippen molar-refractivity contribution in [2.24, 2.45) is 0 Å². The lowest BCUT2D eigenvalue weighted by Gasteiger charge is -2.35. The third-order valence-electron chi connectivity index (χ3n) is 2.43. The third-order valence-corrected chi connectivity index (χ3v) is 2.43. The molecule has 0 spiro atoms. The molecule has 0 bridgehead atoms. The maximum absolute atomic E-state index is 5.71. The molecule has 0 fully saturated rings. The van der Waals surface area contributed by atoms with Crippen LogP contribution in [0.4, 0.5) is 0 Å². The van der Waals surface area contributed by atoms with E-state index in [-0.39, 0.29) is 11.2 Å². The zero-order valence-electron chi connectivity index (χ0n) is 10.1. The van der Waals surface area contributed by atoms with Crippen LogP contribution in [0.2, 0.25) is 0 Å². The zero-order chi connectivity index (χ0) is 11.8. The van der Waals surface area contributed by atoms with Gasteiger partial charge in [-0.2, -0.15) is 0 Å². The maximum Gasteiger partial charge on any atom is 0.572 e.